The Hall–Kier alpha value is -1.50. The lowest BCUT2D eigenvalue weighted by atomic mass is 9.98. The Morgan fingerprint density at radius 1 is 1.56 bits per heavy atom. The fourth-order valence-corrected chi connectivity index (χ4v) is 2.19. The highest BCUT2D eigenvalue weighted by molar-refractivity contribution is 6.99. The summed E-state index contributed by atoms with van der Waals surface area (Å²) in [6.07, 6.45) is 2.77. The number of hydrogen-bond acceptors (Lipinski definition) is 5. The molecule has 1 saturated heterocycles. The summed E-state index contributed by atoms with van der Waals surface area (Å²) in [7, 11) is 0. The molecule has 1 N–H and O–H groups in total. The summed E-state index contributed by atoms with van der Waals surface area (Å²) >= 11 is 0.975. The number of piperidine rings is 1. The molecule has 0 spiro atoms. The van der Waals surface area contributed by atoms with Crippen LogP contribution in [0.4, 0.5) is 0 Å². The van der Waals surface area contributed by atoms with Gasteiger partial charge in [0.15, 0.2) is 5.69 Å². The van der Waals surface area contributed by atoms with Crippen molar-refractivity contribution in [1.82, 2.24) is 13.6 Å². The van der Waals surface area contributed by atoms with Gasteiger partial charge in [0, 0.05) is 13.1 Å². The molecule has 1 atom stereocenters. The van der Waals surface area contributed by atoms with Gasteiger partial charge in [-0.2, -0.15) is 8.75 Å². The number of nitrogens with zero attached hydrogens (tertiary/aromatic N) is 3. The van der Waals surface area contributed by atoms with Crippen molar-refractivity contribution in [3.8, 4) is 0 Å². The van der Waals surface area contributed by atoms with Gasteiger partial charge in [-0.3, -0.25) is 9.59 Å². The summed E-state index contributed by atoms with van der Waals surface area (Å²) < 4.78 is 7.61. The molecule has 0 bridgehead atoms. The van der Waals surface area contributed by atoms with E-state index in [9.17, 15) is 9.59 Å². The SMILES string of the molecule is O=C(O)C1CCCN(C(=O)c2cnsn2)C1. The lowest BCUT2D eigenvalue weighted by Crippen LogP contribution is -2.42. The third-order valence-corrected chi connectivity index (χ3v) is 3.12. The van der Waals surface area contributed by atoms with Crippen LogP contribution in [0, 0.1) is 5.92 Å². The van der Waals surface area contributed by atoms with E-state index in [4.69, 9.17) is 5.11 Å². The molecular weight excluding hydrogens is 230 g/mol. The summed E-state index contributed by atoms with van der Waals surface area (Å²) in [5.41, 5.74) is 0.302. The van der Waals surface area contributed by atoms with Crippen molar-refractivity contribution >= 4 is 23.6 Å². The molecule has 6 nitrogen and oxygen atoms in total. The van der Waals surface area contributed by atoms with E-state index >= 15 is 0 Å². The summed E-state index contributed by atoms with van der Waals surface area (Å²) in [4.78, 5) is 24.3. The number of aliphatic carboxylic acids is 1. The first kappa shape index (κ1) is 11.0. The fourth-order valence-electron chi connectivity index (χ4n) is 1.78. The Morgan fingerprint density at radius 3 is 3.00 bits per heavy atom. The van der Waals surface area contributed by atoms with Crippen molar-refractivity contribution in [3.05, 3.63) is 11.9 Å². The molecule has 7 heteroatoms. The molecule has 1 fully saturated rings. The van der Waals surface area contributed by atoms with Gasteiger partial charge < -0.3 is 10.0 Å². The highest BCUT2D eigenvalue weighted by Crippen LogP contribution is 2.18. The smallest absolute Gasteiger partial charge is 0.308 e. The maximum Gasteiger partial charge on any atom is 0.308 e. The number of carboxylic acids is 1. The van der Waals surface area contributed by atoms with Crippen LogP contribution in [-0.2, 0) is 4.79 Å². The first-order valence-corrected chi connectivity index (χ1v) is 5.71. The average Bonchev–Trinajstić information content (AvgIpc) is 2.81. The third-order valence-electron chi connectivity index (χ3n) is 2.64. The van der Waals surface area contributed by atoms with Crippen LogP contribution < -0.4 is 0 Å². The van der Waals surface area contributed by atoms with Crippen LogP contribution >= 0.6 is 11.7 Å². The molecule has 2 heterocycles. The van der Waals surface area contributed by atoms with E-state index in [0.717, 1.165) is 18.1 Å². The minimum atomic E-state index is -0.839. The van der Waals surface area contributed by atoms with E-state index in [1.54, 1.807) is 4.90 Å². The quantitative estimate of drug-likeness (QED) is 0.814. The second-order valence-electron chi connectivity index (χ2n) is 3.72. The molecule has 1 aliphatic rings. The Kier molecular flexibility index (Phi) is 3.14. The monoisotopic (exact) mass is 241 g/mol. The van der Waals surface area contributed by atoms with Crippen molar-refractivity contribution in [1.29, 1.82) is 0 Å². The van der Waals surface area contributed by atoms with E-state index < -0.39 is 11.9 Å². The van der Waals surface area contributed by atoms with E-state index in [2.05, 4.69) is 8.75 Å². The van der Waals surface area contributed by atoms with Gasteiger partial charge in [-0.1, -0.05) is 0 Å². The number of carboxylic acid groups (broad SMARTS) is 1. The highest BCUT2D eigenvalue weighted by atomic mass is 32.1. The van der Waals surface area contributed by atoms with Crippen molar-refractivity contribution in [2.24, 2.45) is 5.92 Å². The van der Waals surface area contributed by atoms with E-state index in [1.807, 2.05) is 0 Å². The Labute approximate surface area is 96.2 Å². The van der Waals surface area contributed by atoms with E-state index in [0.29, 0.717) is 18.7 Å². The Bertz CT molecular complexity index is 393. The van der Waals surface area contributed by atoms with Gasteiger partial charge in [-0.05, 0) is 12.8 Å². The molecule has 1 aromatic rings. The van der Waals surface area contributed by atoms with Crippen LogP contribution in [0.3, 0.4) is 0 Å². The van der Waals surface area contributed by atoms with Gasteiger partial charge in [-0.15, -0.1) is 0 Å². The van der Waals surface area contributed by atoms with Crippen LogP contribution in [0.15, 0.2) is 6.20 Å². The van der Waals surface area contributed by atoms with Crippen molar-refractivity contribution in [2.45, 2.75) is 12.8 Å². The normalized spacial score (nSPS) is 20.8. The van der Waals surface area contributed by atoms with Crippen LogP contribution in [0.5, 0.6) is 0 Å². The molecule has 0 radical (unpaired) electrons. The Morgan fingerprint density at radius 2 is 2.38 bits per heavy atom. The molecule has 2 rings (SSSR count). The molecule has 0 aromatic carbocycles. The number of likely N-dealkylation sites (tertiary alicyclic amines) is 1. The maximum absolute atomic E-state index is 11.9. The predicted octanol–water partition coefficient (Wildman–Crippen LogP) is 0.475. The molecule has 1 aliphatic heterocycles. The van der Waals surface area contributed by atoms with Gasteiger partial charge in [0.25, 0.3) is 5.91 Å². The van der Waals surface area contributed by atoms with Gasteiger partial charge in [0.1, 0.15) is 0 Å². The predicted molar refractivity (Wildman–Crippen MR) is 56.2 cm³/mol. The molecule has 0 saturated carbocycles. The molecular formula is C9H11N3O3S. The molecule has 1 unspecified atom stereocenters. The summed E-state index contributed by atoms with van der Waals surface area (Å²) in [5.74, 6) is -1.52. The molecule has 0 aliphatic carbocycles. The summed E-state index contributed by atoms with van der Waals surface area (Å²) in [6.45, 7) is 0.867. The van der Waals surface area contributed by atoms with Crippen LogP contribution in [0.25, 0.3) is 0 Å². The number of amides is 1. The second kappa shape index (κ2) is 4.56. The highest BCUT2D eigenvalue weighted by Gasteiger charge is 2.29. The third kappa shape index (κ3) is 2.19. The minimum Gasteiger partial charge on any atom is -0.481 e. The van der Waals surface area contributed by atoms with Crippen molar-refractivity contribution in [3.63, 3.8) is 0 Å². The number of carbonyl (C=O) groups is 2. The van der Waals surface area contributed by atoms with E-state index in [1.165, 1.54) is 6.20 Å². The standard InChI is InChI=1S/C9H11N3O3S/c13-8(7-4-10-16-11-7)12-3-1-2-6(5-12)9(14)15/h4,6H,1-3,5H2,(H,14,15). The topological polar surface area (TPSA) is 83.4 Å². The summed E-state index contributed by atoms with van der Waals surface area (Å²) in [6, 6.07) is 0. The van der Waals surface area contributed by atoms with Gasteiger partial charge in [-0.25, -0.2) is 0 Å². The zero-order valence-electron chi connectivity index (χ0n) is 8.50. The molecule has 1 amide bonds. The first-order chi connectivity index (χ1) is 7.68. The Balaban J connectivity index is 2.05. The van der Waals surface area contributed by atoms with Crippen LogP contribution in [0.1, 0.15) is 23.3 Å². The van der Waals surface area contributed by atoms with Gasteiger partial charge in [0.2, 0.25) is 0 Å². The van der Waals surface area contributed by atoms with Crippen LogP contribution in [-0.4, -0.2) is 43.7 Å². The average molecular weight is 241 g/mol. The zero-order valence-corrected chi connectivity index (χ0v) is 9.31. The van der Waals surface area contributed by atoms with Gasteiger partial charge in [0.05, 0.1) is 23.8 Å². The summed E-state index contributed by atoms with van der Waals surface area (Å²) in [5, 5.41) is 8.90. The van der Waals surface area contributed by atoms with Crippen molar-refractivity contribution in [2.75, 3.05) is 13.1 Å². The van der Waals surface area contributed by atoms with Gasteiger partial charge >= 0.3 is 5.97 Å². The van der Waals surface area contributed by atoms with E-state index in [-0.39, 0.29) is 12.5 Å². The molecule has 86 valence electrons. The fraction of sp³-hybridized carbons (Fsp3) is 0.556. The maximum atomic E-state index is 11.9. The van der Waals surface area contributed by atoms with Crippen molar-refractivity contribution < 1.29 is 14.7 Å². The first-order valence-electron chi connectivity index (χ1n) is 4.98. The number of hydrogen-bond donors (Lipinski definition) is 1. The number of aromatic nitrogens is 2. The second-order valence-corrected chi connectivity index (χ2v) is 4.28. The molecule has 16 heavy (non-hydrogen) atoms. The largest absolute Gasteiger partial charge is 0.481 e. The zero-order chi connectivity index (χ0) is 11.5. The van der Waals surface area contributed by atoms with Crippen LogP contribution in [0.2, 0.25) is 0 Å². The minimum absolute atomic E-state index is 0.222. The number of rotatable bonds is 2. The number of carbonyl (C=O) groups excluding carboxylic acids is 1. The lowest BCUT2D eigenvalue weighted by molar-refractivity contribution is -0.143. The molecule has 1 aromatic heterocycles. The lowest BCUT2D eigenvalue weighted by Gasteiger charge is -2.29.